The first-order valence-electron chi connectivity index (χ1n) is 5.36. The number of rotatable bonds is 1. The predicted molar refractivity (Wildman–Crippen MR) is 54.3 cm³/mol. The average molecular weight is 169 g/mol. The maximum Gasteiger partial charge on any atom is -0.00487 e. The van der Waals surface area contributed by atoms with Crippen molar-refractivity contribution in [2.45, 2.75) is 46.5 Å². The van der Waals surface area contributed by atoms with Gasteiger partial charge in [0.2, 0.25) is 0 Å². The quantitative estimate of drug-likeness (QED) is 0.636. The van der Waals surface area contributed by atoms with E-state index in [9.17, 15) is 0 Å². The second kappa shape index (κ2) is 4.27. The standard InChI is InChI=1S/C11H23N/c1-10(2)11(3)6-4-8-12-9-5-7-11/h10,12H,4-9H2,1-3H3. The van der Waals surface area contributed by atoms with Crippen molar-refractivity contribution in [1.82, 2.24) is 5.32 Å². The molecule has 1 rings (SSSR count). The van der Waals surface area contributed by atoms with Gasteiger partial charge in [-0.05, 0) is 50.1 Å². The van der Waals surface area contributed by atoms with Gasteiger partial charge in [0.25, 0.3) is 0 Å². The Hall–Kier alpha value is -0.0400. The van der Waals surface area contributed by atoms with Crippen molar-refractivity contribution >= 4 is 0 Å². The van der Waals surface area contributed by atoms with E-state index < -0.39 is 0 Å². The third kappa shape index (κ3) is 2.48. The van der Waals surface area contributed by atoms with Crippen LogP contribution < -0.4 is 5.32 Å². The molecule has 1 aliphatic rings. The summed E-state index contributed by atoms with van der Waals surface area (Å²) in [5.74, 6) is 0.843. The maximum absolute atomic E-state index is 3.46. The lowest BCUT2D eigenvalue weighted by Gasteiger charge is -2.35. The Balaban J connectivity index is 2.48. The third-order valence-electron chi connectivity index (χ3n) is 3.60. The summed E-state index contributed by atoms with van der Waals surface area (Å²) in [5, 5.41) is 3.46. The van der Waals surface area contributed by atoms with Crippen LogP contribution in [0.25, 0.3) is 0 Å². The summed E-state index contributed by atoms with van der Waals surface area (Å²) >= 11 is 0. The Bertz CT molecular complexity index is 121. The Morgan fingerprint density at radius 2 is 1.58 bits per heavy atom. The predicted octanol–water partition coefficient (Wildman–Crippen LogP) is 2.81. The van der Waals surface area contributed by atoms with Gasteiger partial charge in [0.1, 0.15) is 0 Å². The molecule has 1 aliphatic heterocycles. The first kappa shape index (κ1) is 10.0. The van der Waals surface area contributed by atoms with Crippen LogP contribution in [0.2, 0.25) is 0 Å². The molecule has 72 valence electrons. The van der Waals surface area contributed by atoms with E-state index in [2.05, 4.69) is 26.1 Å². The fraction of sp³-hybridized carbons (Fsp3) is 1.00. The molecule has 0 bridgehead atoms. The van der Waals surface area contributed by atoms with E-state index in [1.807, 2.05) is 0 Å². The molecule has 1 N–H and O–H groups in total. The highest BCUT2D eigenvalue weighted by Gasteiger charge is 2.27. The summed E-state index contributed by atoms with van der Waals surface area (Å²) in [7, 11) is 0. The molecular formula is C11H23N. The molecule has 12 heavy (non-hydrogen) atoms. The largest absolute Gasteiger partial charge is 0.317 e. The van der Waals surface area contributed by atoms with Crippen molar-refractivity contribution in [1.29, 1.82) is 0 Å². The smallest absolute Gasteiger partial charge is 0.00487 e. The maximum atomic E-state index is 3.46. The molecule has 1 saturated heterocycles. The minimum atomic E-state index is 0.613. The number of hydrogen-bond donors (Lipinski definition) is 1. The minimum absolute atomic E-state index is 0.613. The van der Waals surface area contributed by atoms with Crippen LogP contribution >= 0.6 is 0 Å². The van der Waals surface area contributed by atoms with Gasteiger partial charge in [-0.15, -0.1) is 0 Å². The summed E-state index contributed by atoms with van der Waals surface area (Å²) in [4.78, 5) is 0. The van der Waals surface area contributed by atoms with Crippen LogP contribution in [-0.4, -0.2) is 13.1 Å². The van der Waals surface area contributed by atoms with E-state index in [1.165, 1.54) is 38.8 Å². The highest BCUT2D eigenvalue weighted by atomic mass is 14.8. The first-order chi connectivity index (χ1) is 5.65. The van der Waals surface area contributed by atoms with Crippen molar-refractivity contribution in [3.05, 3.63) is 0 Å². The molecule has 1 nitrogen and oxygen atoms in total. The van der Waals surface area contributed by atoms with Crippen LogP contribution in [-0.2, 0) is 0 Å². The molecule has 0 saturated carbocycles. The van der Waals surface area contributed by atoms with Crippen LogP contribution in [0.5, 0.6) is 0 Å². The average Bonchev–Trinajstić information content (AvgIpc) is 1.97. The fourth-order valence-corrected chi connectivity index (χ4v) is 2.06. The molecule has 0 aromatic heterocycles. The molecule has 0 spiro atoms. The molecule has 0 aromatic rings. The normalized spacial score (nSPS) is 25.0. The van der Waals surface area contributed by atoms with Gasteiger partial charge >= 0.3 is 0 Å². The summed E-state index contributed by atoms with van der Waals surface area (Å²) in [6, 6.07) is 0. The number of nitrogens with one attached hydrogen (secondary N) is 1. The van der Waals surface area contributed by atoms with E-state index in [0.717, 1.165) is 5.92 Å². The van der Waals surface area contributed by atoms with Gasteiger partial charge in [0, 0.05) is 0 Å². The van der Waals surface area contributed by atoms with Crippen molar-refractivity contribution < 1.29 is 0 Å². The topological polar surface area (TPSA) is 12.0 Å². The third-order valence-corrected chi connectivity index (χ3v) is 3.60. The van der Waals surface area contributed by atoms with E-state index in [1.54, 1.807) is 0 Å². The van der Waals surface area contributed by atoms with Crippen molar-refractivity contribution in [3.8, 4) is 0 Å². The molecule has 1 fully saturated rings. The fourth-order valence-electron chi connectivity index (χ4n) is 2.06. The van der Waals surface area contributed by atoms with Crippen LogP contribution in [0.4, 0.5) is 0 Å². The SMILES string of the molecule is CC(C)C1(C)CCCNCCC1. The van der Waals surface area contributed by atoms with Gasteiger partial charge in [0.15, 0.2) is 0 Å². The Kier molecular flexibility index (Phi) is 3.57. The van der Waals surface area contributed by atoms with Crippen molar-refractivity contribution in [2.24, 2.45) is 11.3 Å². The molecule has 0 aromatic carbocycles. The number of hydrogen-bond acceptors (Lipinski definition) is 1. The molecular weight excluding hydrogens is 146 g/mol. The summed E-state index contributed by atoms with van der Waals surface area (Å²) in [6.45, 7) is 9.65. The van der Waals surface area contributed by atoms with E-state index in [4.69, 9.17) is 0 Å². The van der Waals surface area contributed by atoms with E-state index in [-0.39, 0.29) is 0 Å². The Morgan fingerprint density at radius 1 is 1.08 bits per heavy atom. The van der Waals surface area contributed by atoms with Gasteiger partial charge < -0.3 is 5.32 Å². The zero-order chi connectivity index (χ0) is 9.03. The lowest BCUT2D eigenvalue weighted by Crippen LogP contribution is -2.30. The van der Waals surface area contributed by atoms with Crippen molar-refractivity contribution in [2.75, 3.05) is 13.1 Å². The lowest BCUT2D eigenvalue weighted by molar-refractivity contribution is 0.163. The summed E-state index contributed by atoms with van der Waals surface area (Å²) in [5.41, 5.74) is 0.613. The Labute approximate surface area is 76.9 Å². The van der Waals surface area contributed by atoms with Gasteiger partial charge in [-0.3, -0.25) is 0 Å². The molecule has 0 amide bonds. The minimum Gasteiger partial charge on any atom is -0.317 e. The van der Waals surface area contributed by atoms with Gasteiger partial charge in [0.05, 0.1) is 0 Å². The second-order valence-electron chi connectivity index (χ2n) is 4.77. The van der Waals surface area contributed by atoms with Crippen LogP contribution in [0, 0.1) is 11.3 Å². The first-order valence-corrected chi connectivity index (χ1v) is 5.36. The van der Waals surface area contributed by atoms with E-state index >= 15 is 0 Å². The molecule has 0 radical (unpaired) electrons. The molecule has 0 atom stereocenters. The van der Waals surface area contributed by atoms with Gasteiger partial charge in [-0.25, -0.2) is 0 Å². The molecule has 0 unspecified atom stereocenters. The van der Waals surface area contributed by atoms with Crippen LogP contribution in [0.15, 0.2) is 0 Å². The summed E-state index contributed by atoms with van der Waals surface area (Å²) in [6.07, 6.45) is 5.51. The van der Waals surface area contributed by atoms with Crippen molar-refractivity contribution in [3.63, 3.8) is 0 Å². The molecule has 0 aliphatic carbocycles. The van der Waals surface area contributed by atoms with Crippen LogP contribution in [0.1, 0.15) is 46.5 Å². The second-order valence-corrected chi connectivity index (χ2v) is 4.77. The highest BCUT2D eigenvalue weighted by Crippen LogP contribution is 2.37. The monoisotopic (exact) mass is 169 g/mol. The zero-order valence-electron chi connectivity index (χ0n) is 8.82. The van der Waals surface area contributed by atoms with Gasteiger partial charge in [-0.2, -0.15) is 0 Å². The van der Waals surface area contributed by atoms with Gasteiger partial charge in [-0.1, -0.05) is 20.8 Å². The lowest BCUT2D eigenvalue weighted by atomic mass is 9.72. The summed E-state index contributed by atoms with van der Waals surface area (Å²) < 4.78 is 0. The highest BCUT2D eigenvalue weighted by molar-refractivity contribution is 4.79. The molecule has 1 heteroatoms. The Morgan fingerprint density at radius 3 is 2.00 bits per heavy atom. The van der Waals surface area contributed by atoms with Crippen LogP contribution in [0.3, 0.4) is 0 Å². The molecule has 1 heterocycles. The zero-order valence-corrected chi connectivity index (χ0v) is 8.82. The van der Waals surface area contributed by atoms with E-state index in [0.29, 0.717) is 5.41 Å².